The number of amides is 1. The lowest BCUT2D eigenvalue weighted by atomic mass is 10.2. The third kappa shape index (κ3) is 3.22. The normalized spacial score (nSPS) is 15.3. The van der Waals surface area contributed by atoms with Gasteiger partial charge in [0.1, 0.15) is 4.90 Å². The summed E-state index contributed by atoms with van der Waals surface area (Å²) in [4.78, 5) is 14.2. The van der Waals surface area contributed by atoms with Crippen molar-refractivity contribution in [2.45, 2.75) is 30.7 Å². The summed E-state index contributed by atoms with van der Waals surface area (Å²) in [5, 5.41) is 0.120. The van der Waals surface area contributed by atoms with E-state index in [-0.39, 0.29) is 21.9 Å². The van der Waals surface area contributed by atoms with Crippen LogP contribution in [0.4, 0.5) is 0 Å². The van der Waals surface area contributed by atoms with E-state index < -0.39 is 10.0 Å². The number of halogens is 1. The summed E-state index contributed by atoms with van der Waals surface area (Å²) in [6.45, 7) is 2.53. The molecule has 0 atom stereocenters. The molecule has 0 aromatic heterocycles. The topological polar surface area (TPSA) is 57.7 Å². The van der Waals surface area contributed by atoms with Gasteiger partial charge >= 0.3 is 0 Å². The first-order chi connectivity index (χ1) is 9.78. The zero-order valence-corrected chi connectivity index (χ0v) is 13.9. The van der Waals surface area contributed by atoms with Crippen LogP contribution in [0.5, 0.6) is 0 Å². The lowest BCUT2D eigenvalue weighted by molar-refractivity contribution is 0.0752. The zero-order chi connectivity index (χ0) is 15.8. The lowest BCUT2D eigenvalue weighted by Crippen LogP contribution is -2.33. The smallest absolute Gasteiger partial charge is 0.254 e. The van der Waals surface area contributed by atoms with Gasteiger partial charge in [0, 0.05) is 32.2 Å². The van der Waals surface area contributed by atoms with E-state index in [0.29, 0.717) is 12.1 Å². The number of carbonyl (C=O) groups is 1. The lowest BCUT2D eigenvalue weighted by Gasteiger charge is -2.21. The average Bonchev–Trinajstić information content (AvgIpc) is 3.24. The molecule has 2 rings (SSSR count). The molecule has 1 aliphatic rings. The largest absolute Gasteiger partial charge is 0.336 e. The van der Waals surface area contributed by atoms with Crippen LogP contribution >= 0.6 is 11.6 Å². The number of benzene rings is 1. The minimum Gasteiger partial charge on any atom is -0.336 e. The van der Waals surface area contributed by atoms with Crippen LogP contribution in [0.25, 0.3) is 0 Å². The molecule has 1 saturated carbocycles. The van der Waals surface area contributed by atoms with Crippen LogP contribution in [0.3, 0.4) is 0 Å². The molecule has 1 aromatic rings. The van der Waals surface area contributed by atoms with Crippen LogP contribution in [0, 0.1) is 0 Å². The van der Waals surface area contributed by atoms with E-state index in [2.05, 4.69) is 0 Å². The molecule has 116 valence electrons. The fourth-order valence-electron chi connectivity index (χ4n) is 2.15. The molecule has 1 aliphatic carbocycles. The summed E-state index contributed by atoms with van der Waals surface area (Å²) < 4.78 is 25.5. The fourth-order valence-corrected chi connectivity index (χ4v) is 3.54. The van der Waals surface area contributed by atoms with E-state index in [9.17, 15) is 13.2 Å². The molecule has 0 radical (unpaired) electrons. The van der Waals surface area contributed by atoms with Gasteiger partial charge in [0.15, 0.2) is 0 Å². The van der Waals surface area contributed by atoms with Gasteiger partial charge < -0.3 is 4.90 Å². The van der Waals surface area contributed by atoms with Crippen LogP contribution in [-0.4, -0.2) is 50.2 Å². The first-order valence-corrected chi connectivity index (χ1v) is 8.64. The van der Waals surface area contributed by atoms with Crippen LogP contribution in [0.2, 0.25) is 5.02 Å². The molecule has 5 nitrogen and oxygen atoms in total. The van der Waals surface area contributed by atoms with Gasteiger partial charge in [-0.05, 0) is 38.0 Å². The highest BCUT2D eigenvalue weighted by Gasteiger charge is 2.32. The van der Waals surface area contributed by atoms with Crippen molar-refractivity contribution < 1.29 is 13.2 Å². The highest BCUT2D eigenvalue weighted by atomic mass is 35.5. The number of hydrogen-bond donors (Lipinski definition) is 0. The van der Waals surface area contributed by atoms with Crippen molar-refractivity contribution in [3.05, 3.63) is 28.8 Å². The minimum atomic E-state index is -3.67. The van der Waals surface area contributed by atoms with Gasteiger partial charge in [0.05, 0.1) is 5.02 Å². The maximum absolute atomic E-state index is 12.5. The van der Waals surface area contributed by atoms with E-state index >= 15 is 0 Å². The van der Waals surface area contributed by atoms with Gasteiger partial charge in [0.2, 0.25) is 10.0 Å². The van der Waals surface area contributed by atoms with Crippen molar-refractivity contribution in [1.82, 2.24) is 9.21 Å². The second kappa shape index (κ2) is 5.94. The third-order valence-corrected chi connectivity index (χ3v) is 5.82. The van der Waals surface area contributed by atoms with E-state index in [0.717, 1.165) is 17.1 Å². The molecule has 0 N–H and O–H groups in total. The van der Waals surface area contributed by atoms with Crippen molar-refractivity contribution in [1.29, 1.82) is 0 Å². The van der Waals surface area contributed by atoms with Crippen LogP contribution in [0.1, 0.15) is 30.1 Å². The summed E-state index contributed by atoms with van der Waals surface area (Å²) in [5.74, 6) is -0.146. The molecule has 0 aliphatic heterocycles. The molecule has 1 amide bonds. The predicted octanol–water partition coefficient (Wildman–Crippen LogP) is 2.21. The number of carbonyl (C=O) groups excluding carboxylic acids is 1. The Kier molecular flexibility index (Phi) is 4.60. The van der Waals surface area contributed by atoms with Gasteiger partial charge in [-0.1, -0.05) is 11.6 Å². The summed E-state index contributed by atoms with van der Waals surface area (Å²) >= 11 is 5.99. The number of nitrogens with zero attached hydrogens (tertiary/aromatic N) is 2. The number of rotatable bonds is 5. The van der Waals surface area contributed by atoms with E-state index in [1.165, 1.54) is 26.2 Å². The SMILES string of the molecule is CCN(C(=O)c1ccc(Cl)c(S(=O)(=O)N(C)C)c1)C1CC1. The molecule has 7 heteroatoms. The van der Waals surface area contributed by atoms with Gasteiger partial charge in [-0.2, -0.15) is 0 Å². The van der Waals surface area contributed by atoms with Crippen LogP contribution < -0.4 is 0 Å². The molecule has 0 spiro atoms. The maximum atomic E-state index is 12.5. The van der Waals surface area contributed by atoms with Crippen LogP contribution in [0.15, 0.2) is 23.1 Å². The highest BCUT2D eigenvalue weighted by Crippen LogP contribution is 2.30. The Morgan fingerprint density at radius 2 is 1.95 bits per heavy atom. The summed E-state index contributed by atoms with van der Waals surface area (Å²) in [6.07, 6.45) is 2.02. The van der Waals surface area contributed by atoms with Gasteiger partial charge in [-0.3, -0.25) is 4.79 Å². The van der Waals surface area contributed by atoms with E-state index in [4.69, 9.17) is 11.6 Å². The van der Waals surface area contributed by atoms with Crippen molar-refractivity contribution in [3.8, 4) is 0 Å². The molecule has 0 heterocycles. The Hall–Kier alpha value is -1.11. The summed E-state index contributed by atoms with van der Waals surface area (Å²) in [5.41, 5.74) is 0.355. The Labute approximate surface area is 130 Å². The van der Waals surface area contributed by atoms with Crippen molar-refractivity contribution in [3.63, 3.8) is 0 Å². The fraction of sp³-hybridized carbons (Fsp3) is 0.500. The zero-order valence-electron chi connectivity index (χ0n) is 12.3. The average molecular weight is 331 g/mol. The second-order valence-corrected chi connectivity index (χ2v) is 7.78. The molecular formula is C14H19ClN2O3S. The number of hydrogen-bond acceptors (Lipinski definition) is 3. The maximum Gasteiger partial charge on any atom is 0.254 e. The van der Waals surface area contributed by atoms with Gasteiger partial charge in [0.25, 0.3) is 5.91 Å². The third-order valence-electron chi connectivity index (χ3n) is 3.53. The van der Waals surface area contributed by atoms with Crippen LogP contribution in [-0.2, 0) is 10.0 Å². The van der Waals surface area contributed by atoms with Crippen molar-refractivity contribution >= 4 is 27.5 Å². The van der Waals surface area contributed by atoms with Gasteiger partial charge in [-0.15, -0.1) is 0 Å². The Balaban J connectivity index is 2.41. The summed E-state index contributed by atoms with van der Waals surface area (Å²) in [6, 6.07) is 4.69. The Morgan fingerprint density at radius 1 is 1.33 bits per heavy atom. The number of sulfonamides is 1. The van der Waals surface area contributed by atoms with Crippen molar-refractivity contribution in [2.75, 3.05) is 20.6 Å². The Morgan fingerprint density at radius 3 is 2.43 bits per heavy atom. The molecule has 21 heavy (non-hydrogen) atoms. The first-order valence-electron chi connectivity index (χ1n) is 6.82. The Bertz CT molecular complexity index is 654. The second-order valence-electron chi connectivity index (χ2n) is 5.25. The first kappa shape index (κ1) is 16.3. The molecule has 0 saturated heterocycles. The molecular weight excluding hydrogens is 312 g/mol. The monoisotopic (exact) mass is 330 g/mol. The molecule has 0 bridgehead atoms. The predicted molar refractivity (Wildman–Crippen MR) is 82.1 cm³/mol. The molecule has 1 fully saturated rings. The summed E-state index contributed by atoms with van der Waals surface area (Å²) in [7, 11) is -0.804. The molecule has 0 unspecified atom stereocenters. The standard InChI is InChI=1S/C14H19ClN2O3S/c1-4-17(11-6-7-11)14(18)10-5-8-12(15)13(9-10)21(19,20)16(2)3/h5,8-9,11H,4,6-7H2,1-3H3. The minimum absolute atomic E-state index is 0.0353. The highest BCUT2D eigenvalue weighted by molar-refractivity contribution is 7.89. The van der Waals surface area contributed by atoms with E-state index in [1.54, 1.807) is 11.0 Å². The van der Waals surface area contributed by atoms with Crippen molar-refractivity contribution in [2.24, 2.45) is 0 Å². The quantitative estimate of drug-likeness (QED) is 0.831. The van der Waals surface area contributed by atoms with Gasteiger partial charge in [-0.25, -0.2) is 12.7 Å². The van der Waals surface area contributed by atoms with E-state index in [1.807, 2.05) is 6.92 Å². The molecule has 1 aromatic carbocycles.